The molecule has 0 radical (unpaired) electrons. The number of benzene rings is 2. The Morgan fingerprint density at radius 3 is 2.52 bits per heavy atom. The second-order valence-corrected chi connectivity index (χ2v) is 4.95. The van der Waals surface area contributed by atoms with Crippen LogP contribution in [0.5, 0.6) is 11.5 Å². The highest BCUT2D eigenvalue weighted by atomic mass is 19.1. The van der Waals surface area contributed by atoms with Crippen molar-refractivity contribution in [1.82, 2.24) is 0 Å². The molecule has 0 saturated heterocycles. The first-order valence-electron chi connectivity index (χ1n) is 7.05. The van der Waals surface area contributed by atoms with Crippen LogP contribution in [0.3, 0.4) is 0 Å². The van der Waals surface area contributed by atoms with Crippen molar-refractivity contribution >= 4 is 17.3 Å². The maximum atomic E-state index is 13.7. The van der Waals surface area contributed by atoms with Crippen LogP contribution >= 0.6 is 0 Å². The van der Waals surface area contributed by atoms with Gasteiger partial charge >= 0.3 is 0 Å². The van der Waals surface area contributed by atoms with Gasteiger partial charge in [0, 0.05) is 6.07 Å². The summed E-state index contributed by atoms with van der Waals surface area (Å²) in [5.41, 5.74) is 1.59. The molecule has 0 aromatic heterocycles. The van der Waals surface area contributed by atoms with Crippen LogP contribution in [0.15, 0.2) is 36.4 Å². The SMILES string of the molecule is COc1ccc(OC)c(NC(=O)CNc2ccc(C)cc2F)c1. The Kier molecular flexibility index (Phi) is 5.41. The molecule has 0 fully saturated rings. The average molecular weight is 318 g/mol. The highest BCUT2D eigenvalue weighted by molar-refractivity contribution is 5.95. The molecule has 2 aromatic rings. The lowest BCUT2D eigenvalue weighted by molar-refractivity contribution is -0.114. The maximum Gasteiger partial charge on any atom is 0.243 e. The monoisotopic (exact) mass is 318 g/mol. The Morgan fingerprint density at radius 2 is 1.87 bits per heavy atom. The number of anilines is 2. The Bertz CT molecular complexity index is 704. The zero-order valence-electron chi connectivity index (χ0n) is 13.3. The molecule has 5 nitrogen and oxygen atoms in total. The summed E-state index contributed by atoms with van der Waals surface area (Å²) in [6.45, 7) is 1.73. The minimum Gasteiger partial charge on any atom is -0.497 e. The first-order valence-corrected chi connectivity index (χ1v) is 7.05. The van der Waals surface area contributed by atoms with Gasteiger partial charge in [0.25, 0.3) is 0 Å². The largest absolute Gasteiger partial charge is 0.497 e. The van der Waals surface area contributed by atoms with Gasteiger partial charge in [-0.25, -0.2) is 4.39 Å². The summed E-state index contributed by atoms with van der Waals surface area (Å²) in [7, 11) is 3.05. The predicted octanol–water partition coefficient (Wildman–Crippen LogP) is 3.20. The number of aryl methyl sites for hydroxylation is 1. The van der Waals surface area contributed by atoms with Crippen LogP contribution in [-0.2, 0) is 4.79 Å². The van der Waals surface area contributed by atoms with Gasteiger partial charge in [0.05, 0.1) is 32.1 Å². The molecule has 0 heterocycles. The topological polar surface area (TPSA) is 59.6 Å². The third kappa shape index (κ3) is 4.35. The summed E-state index contributed by atoms with van der Waals surface area (Å²) in [5.74, 6) is 0.396. The van der Waals surface area contributed by atoms with E-state index in [0.29, 0.717) is 17.2 Å². The first kappa shape index (κ1) is 16.6. The molecule has 0 aliphatic rings. The van der Waals surface area contributed by atoms with E-state index in [2.05, 4.69) is 10.6 Å². The molecule has 23 heavy (non-hydrogen) atoms. The van der Waals surface area contributed by atoms with E-state index in [1.165, 1.54) is 20.3 Å². The summed E-state index contributed by atoms with van der Waals surface area (Å²) in [6.07, 6.45) is 0. The molecule has 0 spiro atoms. The number of hydrogen-bond donors (Lipinski definition) is 2. The molecule has 122 valence electrons. The van der Waals surface area contributed by atoms with Gasteiger partial charge in [0.15, 0.2) is 0 Å². The number of carbonyl (C=O) groups excluding carboxylic acids is 1. The fourth-order valence-electron chi connectivity index (χ4n) is 2.05. The van der Waals surface area contributed by atoms with Crippen LogP contribution in [-0.4, -0.2) is 26.7 Å². The molecule has 6 heteroatoms. The van der Waals surface area contributed by atoms with Crippen LogP contribution in [0.4, 0.5) is 15.8 Å². The van der Waals surface area contributed by atoms with Crippen molar-refractivity contribution in [2.75, 3.05) is 31.4 Å². The lowest BCUT2D eigenvalue weighted by Crippen LogP contribution is -2.22. The summed E-state index contributed by atoms with van der Waals surface area (Å²) in [5, 5.41) is 5.48. The molecule has 2 N–H and O–H groups in total. The molecule has 0 aliphatic heterocycles. The van der Waals surface area contributed by atoms with Gasteiger partial charge in [0.1, 0.15) is 17.3 Å². The summed E-state index contributed by atoms with van der Waals surface area (Å²) >= 11 is 0. The second-order valence-electron chi connectivity index (χ2n) is 4.95. The Morgan fingerprint density at radius 1 is 1.09 bits per heavy atom. The second kappa shape index (κ2) is 7.49. The van der Waals surface area contributed by atoms with Gasteiger partial charge in [0.2, 0.25) is 5.91 Å². The van der Waals surface area contributed by atoms with Crippen LogP contribution < -0.4 is 20.1 Å². The van der Waals surface area contributed by atoms with Crippen molar-refractivity contribution in [2.24, 2.45) is 0 Å². The number of ether oxygens (including phenoxy) is 2. The van der Waals surface area contributed by atoms with Crippen molar-refractivity contribution in [3.05, 3.63) is 47.8 Å². The van der Waals surface area contributed by atoms with Crippen LogP contribution in [0.25, 0.3) is 0 Å². The molecular formula is C17H19FN2O3. The van der Waals surface area contributed by atoms with Gasteiger partial charge in [-0.1, -0.05) is 6.07 Å². The van der Waals surface area contributed by atoms with E-state index in [-0.39, 0.29) is 18.1 Å². The maximum absolute atomic E-state index is 13.7. The highest BCUT2D eigenvalue weighted by Gasteiger charge is 2.10. The number of carbonyl (C=O) groups is 1. The van der Waals surface area contributed by atoms with E-state index in [9.17, 15) is 9.18 Å². The van der Waals surface area contributed by atoms with Crippen molar-refractivity contribution in [3.8, 4) is 11.5 Å². The van der Waals surface area contributed by atoms with E-state index in [1.54, 1.807) is 37.3 Å². The summed E-state index contributed by atoms with van der Waals surface area (Å²) < 4.78 is 24.0. The molecule has 0 bridgehead atoms. The van der Waals surface area contributed by atoms with Crippen LogP contribution in [0.1, 0.15) is 5.56 Å². The molecule has 0 aliphatic carbocycles. The number of hydrogen-bond acceptors (Lipinski definition) is 4. The average Bonchev–Trinajstić information content (AvgIpc) is 2.54. The fraction of sp³-hybridized carbons (Fsp3) is 0.235. The normalized spacial score (nSPS) is 10.1. The molecule has 2 rings (SSSR count). The van der Waals surface area contributed by atoms with E-state index in [1.807, 2.05) is 0 Å². The third-order valence-corrected chi connectivity index (χ3v) is 3.24. The van der Waals surface area contributed by atoms with Gasteiger partial charge in [-0.3, -0.25) is 4.79 Å². The number of methoxy groups -OCH3 is 2. The Labute approximate surface area is 134 Å². The first-order chi connectivity index (χ1) is 11.0. The summed E-state index contributed by atoms with van der Waals surface area (Å²) in [4.78, 5) is 12.0. The summed E-state index contributed by atoms with van der Waals surface area (Å²) in [6, 6.07) is 9.86. The Hall–Kier alpha value is -2.76. The fourth-order valence-corrected chi connectivity index (χ4v) is 2.05. The zero-order valence-corrected chi connectivity index (χ0v) is 13.3. The molecule has 0 saturated carbocycles. The van der Waals surface area contributed by atoms with Gasteiger partial charge in [-0.2, -0.15) is 0 Å². The van der Waals surface area contributed by atoms with Crippen LogP contribution in [0, 0.1) is 12.7 Å². The standard InChI is InChI=1S/C17H19FN2O3/c1-11-4-6-14(13(18)8-11)19-10-17(21)20-15-9-12(22-2)5-7-16(15)23-3/h4-9,19H,10H2,1-3H3,(H,20,21). The molecular weight excluding hydrogens is 299 g/mol. The lowest BCUT2D eigenvalue weighted by atomic mass is 10.2. The van der Waals surface area contributed by atoms with Crippen molar-refractivity contribution in [2.45, 2.75) is 6.92 Å². The lowest BCUT2D eigenvalue weighted by Gasteiger charge is -2.13. The number of rotatable bonds is 6. The minimum absolute atomic E-state index is 0.0691. The van der Waals surface area contributed by atoms with Crippen molar-refractivity contribution in [1.29, 1.82) is 0 Å². The predicted molar refractivity (Wildman–Crippen MR) is 87.8 cm³/mol. The van der Waals surface area contributed by atoms with Crippen molar-refractivity contribution in [3.63, 3.8) is 0 Å². The number of halogens is 1. The van der Waals surface area contributed by atoms with Gasteiger partial charge in [-0.15, -0.1) is 0 Å². The van der Waals surface area contributed by atoms with Crippen molar-refractivity contribution < 1.29 is 18.7 Å². The van der Waals surface area contributed by atoms with E-state index in [4.69, 9.17) is 9.47 Å². The Balaban J connectivity index is 2.02. The van der Waals surface area contributed by atoms with Gasteiger partial charge < -0.3 is 20.1 Å². The molecule has 1 amide bonds. The third-order valence-electron chi connectivity index (χ3n) is 3.24. The zero-order chi connectivity index (χ0) is 16.8. The molecule has 0 unspecified atom stereocenters. The highest BCUT2D eigenvalue weighted by Crippen LogP contribution is 2.28. The number of nitrogens with one attached hydrogen (secondary N) is 2. The quantitative estimate of drug-likeness (QED) is 0.859. The van der Waals surface area contributed by atoms with Gasteiger partial charge in [-0.05, 0) is 36.8 Å². The van der Waals surface area contributed by atoms with E-state index >= 15 is 0 Å². The number of amides is 1. The smallest absolute Gasteiger partial charge is 0.243 e. The van der Waals surface area contributed by atoms with E-state index in [0.717, 1.165) is 5.56 Å². The van der Waals surface area contributed by atoms with E-state index < -0.39 is 5.82 Å². The molecule has 2 aromatic carbocycles. The minimum atomic E-state index is -0.392. The van der Waals surface area contributed by atoms with Crippen LogP contribution in [0.2, 0.25) is 0 Å². The molecule has 0 atom stereocenters.